The van der Waals surface area contributed by atoms with E-state index in [1.165, 1.54) is 6.92 Å². The Kier molecular flexibility index (Phi) is 6.54. The highest BCUT2D eigenvalue weighted by molar-refractivity contribution is 5.96. The van der Waals surface area contributed by atoms with Gasteiger partial charge in [-0.3, -0.25) is 9.59 Å². The molecular weight excluding hydrogens is 352 g/mol. The molecule has 3 rings (SSSR count). The molecule has 2 N–H and O–H groups in total. The molecule has 0 atom stereocenters. The summed E-state index contributed by atoms with van der Waals surface area (Å²) in [5.74, 6) is -0.202. The molecule has 0 aliphatic heterocycles. The van der Waals surface area contributed by atoms with Crippen molar-refractivity contribution in [3.63, 3.8) is 0 Å². The van der Waals surface area contributed by atoms with E-state index in [1.54, 1.807) is 12.1 Å². The van der Waals surface area contributed by atoms with Crippen LogP contribution in [0.4, 0.5) is 17.1 Å². The van der Waals surface area contributed by atoms with Crippen molar-refractivity contribution in [1.82, 2.24) is 0 Å². The second-order valence-corrected chi connectivity index (χ2v) is 6.33. The quantitative estimate of drug-likeness (QED) is 0.557. The van der Waals surface area contributed by atoms with Gasteiger partial charge in [-0.1, -0.05) is 42.5 Å². The molecule has 0 bridgehead atoms. The molecule has 0 unspecified atom stereocenters. The molecule has 3 aromatic carbocycles. The van der Waals surface area contributed by atoms with Crippen molar-refractivity contribution in [2.24, 2.45) is 0 Å². The highest BCUT2D eigenvalue weighted by atomic mass is 16.5. The largest absolute Gasteiger partial charge is 0.367 e. The Hall–Kier alpha value is -3.44. The Balaban J connectivity index is 1.58. The molecule has 5 nitrogen and oxygen atoms in total. The van der Waals surface area contributed by atoms with Crippen LogP contribution in [-0.4, -0.2) is 18.3 Å². The number of nitrogens with one attached hydrogen (secondary N) is 2. The Morgan fingerprint density at radius 2 is 1.46 bits per heavy atom. The van der Waals surface area contributed by atoms with Crippen LogP contribution in [0.3, 0.4) is 0 Å². The maximum absolute atomic E-state index is 12.2. The number of hydrogen-bond acceptors (Lipinski definition) is 4. The minimum absolute atomic E-state index is 0.0229. The fourth-order valence-corrected chi connectivity index (χ4v) is 2.67. The van der Waals surface area contributed by atoms with Crippen molar-refractivity contribution in [3.05, 3.63) is 90.0 Å². The summed E-state index contributed by atoms with van der Waals surface area (Å²) in [6, 6.07) is 24.3. The van der Waals surface area contributed by atoms with Gasteiger partial charge in [-0.15, -0.1) is 0 Å². The Bertz CT molecular complexity index is 938. The van der Waals surface area contributed by atoms with Crippen LogP contribution < -0.4 is 10.6 Å². The minimum atomic E-state index is -0.225. The van der Waals surface area contributed by atoms with Crippen molar-refractivity contribution in [3.8, 4) is 0 Å². The second kappa shape index (κ2) is 9.48. The molecule has 0 saturated heterocycles. The van der Waals surface area contributed by atoms with Crippen molar-refractivity contribution >= 4 is 28.8 Å². The van der Waals surface area contributed by atoms with Gasteiger partial charge >= 0.3 is 0 Å². The highest BCUT2D eigenvalue weighted by Crippen LogP contribution is 2.25. The number of hydrogen-bond donors (Lipinski definition) is 2. The fraction of sp³-hybridized carbons (Fsp3) is 0.130. The van der Waals surface area contributed by atoms with Gasteiger partial charge in [0, 0.05) is 11.3 Å². The number of ether oxygens (including phenoxy) is 1. The average Bonchev–Trinajstić information content (AvgIpc) is 2.71. The standard InChI is InChI=1S/C23H22N2O3/c1-17(26)19-11-13-20(14-12-19)24-21-9-5-6-10-22(21)25-23(27)16-28-15-18-7-3-2-4-8-18/h2-14,24H,15-16H2,1H3,(H,25,27). The van der Waals surface area contributed by atoms with Crippen molar-refractivity contribution in [2.45, 2.75) is 13.5 Å². The first-order valence-corrected chi connectivity index (χ1v) is 9.00. The first-order chi connectivity index (χ1) is 13.6. The predicted molar refractivity (Wildman–Crippen MR) is 111 cm³/mol. The molecule has 0 aromatic heterocycles. The smallest absolute Gasteiger partial charge is 0.250 e. The Morgan fingerprint density at radius 3 is 2.14 bits per heavy atom. The predicted octanol–water partition coefficient (Wildman–Crippen LogP) is 4.79. The average molecular weight is 374 g/mol. The van der Waals surface area contributed by atoms with Gasteiger partial charge in [0.1, 0.15) is 6.61 Å². The number of carbonyl (C=O) groups is 2. The van der Waals surface area contributed by atoms with Gasteiger partial charge in [0.05, 0.1) is 18.0 Å². The summed E-state index contributed by atoms with van der Waals surface area (Å²) in [7, 11) is 0. The molecule has 0 fully saturated rings. The summed E-state index contributed by atoms with van der Waals surface area (Å²) in [5, 5.41) is 6.13. The number of para-hydroxylation sites is 2. The van der Waals surface area contributed by atoms with E-state index < -0.39 is 0 Å². The molecule has 0 aliphatic carbocycles. The van der Waals surface area contributed by atoms with E-state index in [4.69, 9.17) is 4.74 Å². The number of rotatable bonds is 8. The summed E-state index contributed by atoms with van der Waals surface area (Å²) in [4.78, 5) is 23.6. The van der Waals surface area contributed by atoms with Gasteiger partial charge in [-0.05, 0) is 48.9 Å². The number of benzene rings is 3. The molecule has 142 valence electrons. The lowest BCUT2D eigenvalue weighted by Gasteiger charge is -2.13. The molecule has 0 heterocycles. The lowest BCUT2D eigenvalue weighted by Crippen LogP contribution is -2.18. The normalized spacial score (nSPS) is 10.3. The molecule has 3 aromatic rings. The molecule has 5 heteroatoms. The summed E-state index contributed by atoms with van der Waals surface area (Å²) in [6.45, 7) is 1.89. The third kappa shape index (κ3) is 5.53. The highest BCUT2D eigenvalue weighted by Gasteiger charge is 2.08. The van der Waals surface area contributed by atoms with Crippen LogP contribution in [-0.2, 0) is 16.1 Å². The maximum atomic E-state index is 12.2. The maximum Gasteiger partial charge on any atom is 0.250 e. The monoisotopic (exact) mass is 374 g/mol. The van der Waals surface area contributed by atoms with E-state index in [-0.39, 0.29) is 18.3 Å². The van der Waals surface area contributed by atoms with Crippen molar-refractivity contribution in [1.29, 1.82) is 0 Å². The number of Topliss-reactive ketones (excluding diaryl/α,β-unsaturated/α-hetero) is 1. The van der Waals surface area contributed by atoms with Crippen molar-refractivity contribution < 1.29 is 14.3 Å². The molecule has 0 saturated carbocycles. The van der Waals surface area contributed by atoms with Crippen LogP contribution in [0, 0.1) is 0 Å². The summed E-state index contributed by atoms with van der Waals surface area (Å²) < 4.78 is 5.48. The molecule has 0 spiro atoms. The Morgan fingerprint density at radius 1 is 0.821 bits per heavy atom. The van der Waals surface area contributed by atoms with Crippen LogP contribution in [0.2, 0.25) is 0 Å². The Labute approximate surface area is 164 Å². The lowest BCUT2D eigenvalue weighted by atomic mass is 10.1. The van der Waals surface area contributed by atoms with E-state index in [0.29, 0.717) is 17.9 Å². The summed E-state index contributed by atoms with van der Waals surface area (Å²) in [5.41, 5.74) is 3.92. The summed E-state index contributed by atoms with van der Waals surface area (Å²) in [6.07, 6.45) is 0. The van der Waals surface area contributed by atoms with Gasteiger partial charge in [-0.25, -0.2) is 0 Å². The third-order valence-corrected chi connectivity index (χ3v) is 4.12. The van der Waals surface area contributed by atoms with Gasteiger partial charge in [0.15, 0.2) is 5.78 Å². The number of anilines is 3. The van der Waals surface area contributed by atoms with Crippen LogP contribution in [0.25, 0.3) is 0 Å². The zero-order valence-electron chi connectivity index (χ0n) is 15.6. The van der Waals surface area contributed by atoms with E-state index >= 15 is 0 Å². The summed E-state index contributed by atoms with van der Waals surface area (Å²) >= 11 is 0. The van der Waals surface area contributed by atoms with Gasteiger partial charge in [-0.2, -0.15) is 0 Å². The zero-order valence-corrected chi connectivity index (χ0v) is 15.6. The second-order valence-electron chi connectivity index (χ2n) is 6.33. The van der Waals surface area contributed by atoms with Crippen LogP contribution in [0.5, 0.6) is 0 Å². The van der Waals surface area contributed by atoms with Crippen LogP contribution in [0.15, 0.2) is 78.9 Å². The van der Waals surface area contributed by atoms with E-state index in [0.717, 1.165) is 16.9 Å². The molecular formula is C23H22N2O3. The van der Waals surface area contributed by atoms with Gasteiger partial charge < -0.3 is 15.4 Å². The minimum Gasteiger partial charge on any atom is -0.367 e. The van der Waals surface area contributed by atoms with Gasteiger partial charge in [0.2, 0.25) is 5.91 Å². The SMILES string of the molecule is CC(=O)c1ccc(Nc2ccccc2NC(=O)COCc2ccccc2)cc1. The van der Waals surface area contributed by atoms with E-state index in [9.17, 15) is 9.59 Å². The van der Waals surface area contributed by atoms with Crippen LogP contribution in [0.1, 0.15) is 22.8 Å². The number of carbonyl (C=O) groups excluding carboxylic acids is 2. The topological polar surface area (TPSA) is 67.4 Å². The van der Waals surface area contributed by atoms with Crippen molar-refractivity contribution in [2.75, 3.05) is 17.2 Å². The van der Waals surface area contributed by atoms with E-state index in [1.807, 2.05) is 66.7 Å². The molecule has 0 aliphatic rings. The van der Waals surface area contributed by atoms with E-state index in [2.05, 4.69) is 10.6 Å². The molecule has 0 radical (unpaired) electrons. The zero-order chi connectivity index (χ0) is 19.8. The lowest BCUT2D eigenvalue weighted by molar-refractivity contribution is -0.121. The molecule has 28 heavy (non-hydrogen) atoms. The first kappa shape index (κ1) is 19.3. The molecule has 1 amide bonds. The fourth-order valence-electron chi connectivity index (χ4n) is 2.67. The van der Waals surface area contributed by atoms with Crippen LogP contribution >= 0.6 is 0 Å². The number of amides is 1. The first-order valence-electron chi connectivity index (χ1n) is 9.00. The number of ketones is 1. The third-order valence-electron chi connectivity index (χ3n) is 4.12. The van der Waals surface area contributed by atoms with Gasteiger partial charge in [0.25, 0.3) is 0 Å².